The second-order valence-corrected chi connectivity index (χ2v) is 9.63. The second-order valence-electron chi connectivity index (χ2n) is 6.73. The first-order valence-corrected chi connectivity index (χ1v) is 11.9. The highest BCUT2D eigenvalue weighted by atomic mass is 35.5. The van der Waals surface area contributed by atoms with Crippen molar-refractivity contribution in [3.63, 3.8) is 0 Å². The molecule has 2 heterocycles. The molecule has 0 unspecified atom stereocenters. The first kappa shape index (κ1) is 22.5. The summed E-state index contributed by atoms with van der Waals surface area (Å²) in [5.41, 5.74) is 1.11. The molecule has 0 atom stereocenters. The molecular weight excluding hydrogens is 486 g/mol. The molecule has 4 aromatic rings. The lowest BCUT2D eigenvalue weighted by molar-refractivity contribution is 0.482. The molecule has 0 saturated carbocycles. The van der Waals surface area contributed by atoms with Crippen molar-refractivity contribution in [3.05, 3.63) is 82.0 Å². The van der Waals surface area contributed by atoms with Crippen molar-refractivity contribution in [2.75, 3.05) is 4.72 Å². The fourth-order valence-corrected chi connectivity index (χ4v) is 4.79. The largest absolute Gasteiger partial charge is 0.455 e. The molecule has 12 heteroatoms. The first-order valence-electron chi connectivity index (χ1n) is 9.25. The highest BCUT2D eigenvalue weighted by Gasteiger charge is 2.19. The number of aromatic nitrogens is 3. The van der Waals surface area contributed by atoms with E-state index in [2.05, 4.69) is 14.1 Å². The van der Waals surface area contributed by atoms with Crippen LogP contribution in [-0.2, 0) is 17.1 Å². The number of nitrogens with zero attached hydrogens (tertiary/aromatic N) is 4. The summed E-state index contributed by atoms with van der Waals surface area (Å²) in [6, 6.07) is 13.9. The number of pyridine rings is 1. The highest BCUT2D eigenvalue weighted by molar-refractivity contribution is 7.93. The Morgan fingerprint density at radius 1 is 1.15 bits per heavy atom. The SMILES string of the molecule is Cn1cc(-c2cc(Cl)ccc2Oc2ccc(S(=O)(=O)Nc3ncns3)cc2C#N)ccc1=O. The van der Waals surface area contributed by atoms with Crippen LogP contribution in [0.5, 0.6) is 11.5 Å². The van der Waals surface area contributed by atoms with Gasteiger partial charge < -0.3 is 9.30 Å². The van der Waals surface area contributed by atoms with Crippen LogP contribution in [0, 0.1) is 11.3 Å². The molecule has 0 aliphatic heterocycles. The molecule has 2 aromatic heterocycles. The van der Waals surface area contributed by atoms with Gasteiger partial charge in [-0.1, -0.05) is 11.6 Å². The number of hydrogen-bond donors (Lipinski definition) is 1. The number of rotatable bonds is 6. The number of aryl methyl sites for hydroxylation is 1. The van der Waals surface area contributed by atoms with E-state index in [1.807, 2.05) is 6.07 Å². The van der Waals surface area contributed by atoms with Crippen molar-refractivity contribution in [1.29, 1.82) is 5.26 Å². The number of nitriles is 1. The van der Waals surface area contributed by atoms with Gasteiger partial charge in [0.15, 0.2) is 0 Å². The number of halogens is 1. The lowest BCUT2D eigenvalue weighted by Gasteiger charge is -2.14. The Bertz CT molecular complexity index is 1540. The molecule has 0 fully saturated rings. The summed E-state index contributed by atoms with van der Waals surface area (Å²) in [5, 5.41) is 10.2. The number of anilines is 1. The van der Waals surface area contributed by atoms with Gasteiger partial charge in [-0.05, 0) is 42.5 Å². The third-order valence-corrected chi connectivity index (χ3v) is 6.80. The number of ether oxygens (including phenoxy) is 1. The molecule has 2 aromatic carbocycles. The van der Waals surface area contributed by atoms with Crippen molar-refractivity contribution in [2.24, 2.45) is 7.05 Å². The van der Waals surface area contributed by atoms with Crippen molar-refractivity contribution in [2.45, 2.75) is 4.90 Å². The summed E-state index contributed by atoms with van der Waals surface area (Å²) >= 11 is 7.06. The molecule has 0 spiro atoms. The lowest BCUT2D eigenvalue weighted by Crippen LogP contribution is -2.14. The monoisotopic (exact) mass is 499 g/mol. The fraction of sp³-hybridized carbons (Fsp3) is 0.0476. The average molecular weight is 500 g/mol. The van der Waals surface area contributed by atoms with Crippen LogP contribution in [0.1, 0.15) is 5.56 Å². The van der Waals surface area contributed by atoms with Crippen molar-refractivity contribution < 1.29 is 13.2 Å². The molecule has 0 aliphatic carbocycles. The van der Waals surface area contributed by atoms with E-state index in [4.69, 9.17) is 16.3 Å². The molecule has 0 radical (unpaired) electrons. The van der Waals surface area contributed by atoms with Crippen molar-refractivity contribution in [3.8, 4) is 28.7 Å². The van der Waals surface area contributed by atoms with Crippen molar-refractivity contribution >= 4 is 38.3 Å². The Morgan fingerprint density at radius 3 is 2.64 bits per heavy atom. The lowest BCUT2D eigenvalue weighted by atomic mass is 10.1. The van der Waals surface area contributed by atoms with E-state index < -0.39 is 10.0 Å². The van der Waals surface area contributed by atoms with Gasteiger partial charge in [0.25, 0.3) is 10.0 Å². The van der Waals surface area contributed by atoms with Gasteiger partial charge in [-0.15, -0.1) is 0 Å². The standard InChI is InChI=1S/C21H14ClN5O4S2/c1-27-11-13(2-7-20(27)28)17-9-15(22)3-5-19(17)31-18-6-4-16(8-14(18)10-23)33(29,30)26-21-24-12-25-32-21/h2-9,11-12H,1H3,(H,24,25,26). The second kappa shape index (κ2) is 9.03. The van der Waals surface area contributed by atoms with E-state index in [1.54, 1.807) is 37.5 Å². The van der Waals surface area contributed by atoms with Crippen LogP contribution in [0.3, 0.4) is 0 Å². The Hall–Kier alpha value is -3.72. The van der Waals surface area contributed by atoms with Crippen LogP contribution in [-0.4, -0.2) is 22.3 Å². The molecule has 0 saturated heterocycles. The third-order valence-electron chi connectivity index (χ3n) is 4.52. The van der Waals surface area contributed by atoms with Crippen LogP contribution in [0.2, 0.25) is 5.02 Å². The van der Waals surface area contributed by atoms with E-state index in [9.17, 15) is 18.5 Å². The minimum Gasteiger partial charge on any atom is -0.455 e. The van der Waals surface area contributed by atoms with Crippen LogP contribution in [0.25, 0.3) is 11.1 Å². The third kappa shape index (κ3) is 4.88. The minimum atomic E-state index is -3.97. The maximum Gasteiger partial charge on any atom is 0.263 e. The van der Waals surface area contributed by atoms with Crippen LogP contribution >= 0.6 is 23.1 Å². The summed E-state index contributed by atoms with van der Waals surface area (Å²) in [6.45, 7) is 0. The number of sulfonamides is 1. The van der Waals surface area contributed by atoms with E-state index in [1.165, 1.54) is 35.2 Å². The number of benzene rings is 2. The van der Waals surface area contributed by atoms with Crippen LogP contribution < -0.4 is 15.0 Å². The Balaban J connectivity index is 1.71. The number of nitrogens with one attached hydrogen (secondary N) is 1. The Labute approximate surface area is 197 Å². The predicted octanol–water partition coefficient (Wildman–Crippen LogP) is 4.02. The first-order chi connectivity index (χ1) is 15.8. The van der Waals surface area contributed by atoms with E-state index >= 15 is 0 Å². The predicted molar refractivity (Wildman–Crippen MR) is 124 cm³/mol. The zero-order chi connectivity index (χ0) is 23.6. The fourth-order valence-electron chi connectivity index (χ4n) is 2.93. The molecular formula is C21H14ClN5O4S2. The van der Waals surface area contributed by atoms with Crippen molar-refractivity contribution in [1.82, 2.24) is 13.9 Å². The summed E-state index contributed by atoms with van der Waals surface area (Å²) in [7, 11) is -2.34. The smallest absolute Gasteiger partial charge is 0.263 e. The molecule has 1 N–H and O–H groups in total. The zero-order valence-electron chi connectivity index (χ0n) is 16.9. The van der Waals surface area contributed by atoms with Gasteiger partial charge in [-0.25, -0.2) is 13.4 Å². The molecule has 33 heavy (non-hydrogen) atoms. The molecule has 0 aliphatic rings. The van der Waals surface area contributed by atoms with Gasteiger partial charge in [0.05, 0.1) is 10.5 Å². The molecule has 9 nitrogen and oxygen atoms in total. The quantitative estimate of drug-likeness (QED) is 0.424. The van der Waals surface area contributed by atoms with Crippen LogP contribution in [0.4, 0.5) is 5.13 Å². The molecule has 4 rings (SSSR count). The van der Waals surface area contributed by atoms with Gasteiger partial charge in [0.2, 0.25) is 10.7 Å². The Kier molecular flexibility index (Phi) is 6.15. The summed E-state index contributed by atoms with van der Waals surface area (Å²) in [6.07, 6.45) is 2.87. The van der Waals surface area contributed by atoms with E-state index in [0.717, 1.165) is 11.5 Å². The van der Waals surface area contributed by atoms with E-state index in [-0.39, 0.29) is 26.9 Å². The van der Waals surface area contributed by atoms with Gasteiger partial charge >= 0.3 is 0 Å². The minimum absolute atomic E-state index is 0.0106. The Morgan fingerprint density at radius 2 is 1.94 bits per heavy atom. The van der Waals surface area contributed by atoms with Gasteiger partial charge in [-0.3, -0.25) is 9.52 Å². The van der Waals surface area contributed by atoms with Crippen LogP contribution in [0.15, 0.2) is 70.7 Å². The molecule has 166 valence electrons. The highest BCUT2D eigenvalue weighted by Crippen LogP contribution is 2.36. The molecule has 0 bridgehead atoms. The zero-order valence-corrected chi connectivity index (χ0v) is 19.3. The molecule has 0 amide bonds. The summed E-state index contributed by atoms with van der Waals surface area (Å²) < 4.78 is 38.7. The van der Waals surface area contributed by atoms with E-state index in [0.29, 0.717) is 21.9 Å². The van der Waals surface area contributed by atoms with Gasteiger partial charge in [0, 0.05) is 47.0 Å². The average Bonchev–Trinajstić information content (AvgIpc) is 3.29. The maximum absolute atomic E-state index is 12.6. The van der Waals surface area contributed by atoms with Gasteiger partial charge in [0.1, 0.15) is 23.9 Å². The topological polar surface area (TPSA) is 127 Å². The number of hydrogen-bond acceptors (Lipinski definition) is 8. The maximum atomic E-state index is 12.6. The summed E-state index contributed by atoms with van der Waals surface area (Å²) in [4.78, 5) is 15.4. The van der Waals surface area contributed by atoms with Gasteiger partial charge in [-0.2, -0.15) is 9.64 Å². The summed E-state index contributed by atoms with van der Waals surface area (Å²) in [5.74, 6) is 0.526. The normalized spacial score (nSPS) is 11.1.